The summed E-state index contributed by atoms with van der Waals surface area (Å²) in [6, 6.07) is 9.99. The lowest BCUT2D eigenvalue weighted by molar-refractivity contribution is 0.187. The highest BCUT2D eigenvalue weighted by atomic mass is 35.5. The molecular formula is C24H25ClFN5O6. The van der Waals surface area contributed by atoms with Crippen molar-refractivity contribution in [2.24, 2.45) is 7.05 Å². The fraction of sp³-hybridized carbons (Fsp3) is 0.333. The largest absolute Gasteiger partial charge is 0.490 e. The third-order valence-corrected chi connectivity index (χ3v) is 5.68. The smallest absolute Gasteiger partial charge is 0.332 e. The Labute approximate surface area is 215 Å². The lowest BCUT2D eigenvalue weighted by Crippen LogP contribution is -2.40. The number of aliphatic hydroxyl groups is 1. The van der Waals surface area contributed by atoms with Crippen LogP contribution in [0.1, 0.15) is 12.1 Å². The SMILES string of the molecule is Cn1c(=O)n(CCCO)c(=O)c2c1nc(OCCOc1cccc(OCF)c1)n2Cc1ccc(Cl)cn1. The first kappa shape index (κ1) is 26.2. The molecule has 0 aliphatic carbocycles. The van der Waals surface area contributed by atoms with Gasteiger partial charge in [0.1, 0.15) is 24.7 Å². The lowest BCUT2D eigenvalue weighted by atomic mass is 10.3. The van der Waals surface area contributed by atoms with Crippen molar-refractivity contribution in [3.63, 3.8) is 0 Å². The molecule has 3 heterocycles. The molecule has 0 bridgehead atoms. The number of aryl methyl sites for hydroxylation is 1. The summed E-state index contributed by atoms with van der Waals surface area (Å²) in [5.41, 5.74) is -0.209. The van der Waals surface area contributed by atoms with Crippen LogP contribution in [0.15, 0.2) is 52.2 Å². The van der Waals surface area contributed by atoms with Gasteiger partial charge >= 0.3 is 5.69 Å². The van der Waals surface area contributed by atoms with Crippen LogP contribution in [0.3, 0.4) is 0 Å². The fourth-order valence-corrected chi connectivity index (χ4v) is 3.82. The normalized spacial score (nSPS) is 11.1. The Balaban J connectivity index is 1.64. The molecule has 13 heteroatoms. The van der Waals surface area contributed by atoms with Gasteiger partial charge in [0.25, 0.3) is 11.6 Å². The molecule has 0 radical (unpaired) electrons. The monoisotopic (exact) mass is 533 g/mol. The molecule has 3 aromatic heterocycles. The first-order valence-corrected chi connectivity index (χ1v) is 11.8. The number of pyridine rings is 1. The number of rotatable bonds is 12. The van der Waals surface area contributed by atoms with E-state index in [1.165, 1.54) is 17.8 Å². The van der Waals surface area contributed by atoms with Crippen LogP contribution in [0.2, 0.25) is 5.02 Å². The molecule has 0 fully saturated rings. The highest BCUT2D eigenvalue weighted by Crippen LogP contribution is 2.21. The Morgan fingerprint density at radius 3 is 2.51 bits per heavy atom. The first-order chi connectivity index (χ1) is 17.9. The van der Waals surface area contributed by atoms with Crippen molar-refractivity contribution in [3.8, 4) is 17.5 Å². The molecule has 0 spiro atoms. The number of imidazole rings is 1. The van der Waals surface area contributed by atoms with Gasteiger partial charge in [-0.05, 0) is 30.7 Å². The molecule has 0 saturated carbocycles. The van der Waals surface area contributed by atoms with E-state index >= 15 is 0 Å². The van der Waals surface area contributed by atoms with E-state index in [4.69, 9.17) is 25.8 Å². The van der Waals surface area contributed by atoms with Gasteiger partial charge in [0.15, 0.2) is 11.2 Å². The van der Waals surface area contributed by atoms with Crippen molar-refractivity contribution in [2.75, 3.05) is 26.7 Å². The topological polar surface area (TPSA) is 123 Å². The van der Waals surface area contributed by atoms with E-state index in [-0.39, 0.29) is 56.5 Å². The predicted octanol–water partition coefficient (Wildman–Crippen LogP) is 2.14. The number of nitrogens with zero attached hydrogens (tertiary/aromatic N) is 5. The van der Waals surface area contributed by atoms with Gasteiger partial charge in [-0.1, -0.05) is 17.7 Å². The maximum absolute atomic E-state index is 13.3. The number of ether oxygens (including phenoxy) is 3. The second-order valence-corrected chi connectivity index (χ2v) is 8.36. The zero-order valence-electron chi connectivity index (χ0n) is 20.0. The number of aromatic nitrogens is 5. The number of benzene rings is 1. The second kappa shape index (κ2) is 11.9. The van der Waals surface area contributed by atoms with Gasteiger partial charge in [-0.15, -0.1) is 0 Å². The molecular weight excluding hydrogens is 509 g/mol. The molecule has 1 N–H and O–H groups in total. The minimum atomic E-state index is -0.949. The Bertz CT molecular complexity index is 1480. The summed E-state index contributed by atoms with van der Waals surface area (Å²) < 4.78 is 32.6. The van der Waals surface area contributed by atoms with Crippen LogP contribution in [0.5, 0.6) is 17.5 Å². The number of alkyl halides is 1. The molecule has 0 aliphatic rings. The second-order valence-electron chi connectivity index (χ2n) is 7.92. The van der Waals surface area contributed by atoms with E-state index in [1.54, 1.807) is 41.0 Å². The highest BCUT2D eigenvalue weighted by Gasteiger charge is 2.21. The minimum absolute atomic E-state index is 0.0531. The van der Waals surface area contributed by atoms with Crippen LogP contribution in [0, 0.1) is 0 Å². The zero-order valence-corrected chi connectivity index (χ0v) is 20.7. The van der Waals surface area contributed by atoms with E-state index in [2.05, 4.69) is 9.97 Å². The first-order valence-electron chi connectivity index (χ1n) is 11.4. The molecule has 4 aromatic rings. The quantitative estimate of drug-likeness (QED) is 0.275. The summed E-state index contributed by atoms with van der Waals surface area (Å²) in [5.74, 6) is 0.791. The fourth-order valence-electron chi connectivity index (χ4n) is 3.71. The summed E-state index contributed by atoms with van der Waals surface area (Å²) in [6.45, 7) is -0.773. The average Bonchev–Trinajstić information content (AvgIpc) is 3.25. The summed E-state index contributed by atoms with van der Waals surface area (Å²) >= 11 is 5.96. The van der Waals surface area contributed by atoms with Crippen molar-refractivity contribution >= 4 is 22.8 Å². The molecule has 0 amide bonds. The standard InChI is InChI=1S/C24H25ClFN5O6/c1-29-21-20(22(33)30(24(29)34)8-3-9-32)31(14-17-7-6-16(25)13-27-17)23(28-21)36-11-10-35-18-4-2-5-19(12-18)37-15-26/h2,4-7,12-13,32H,3,8-11,14-15H2,1H3. The molecule has 1 aromatic carbocycles. The number of hydrogen-bond donors (Lipinski definition) is 1. The Kier molecular flexibility index (Phi) is 8.41. The number of halogens is 2. The van der Waals surface area contributed by atoms with Gasteiger partial charge in [-0.3, -0.25) is 23.5 Å². The van der Waals surface area contributed by atoms with Crippen molar-refractivity contribution in [3.05, 3.63) is 74.1 Å². The molecule has 0 atom stereocenters. The summed E-state index contributed by atoms with van der Waals surface area (Å²) in [4.78, 5) is 34.8. The number of aliphatic hydroxyl groups excluding tert-OH is 1. The molecule has 4 rings (SSSR count). The van der Waals surface area contributed by atoms with Crippen LogP contribution >= 0.6 is 11.6 Å². The van der Waals surface area contributed by atoms with Crippen molar-refractivity contribution in [2.45, 2.75) is 19.5 Å². The van der Waals surface area contributed by atoms with E-state index in [1.807, 2.05) is 0 Å². The Hall–Kier alpha value is -3.90. The van der Waals surface area contributed by atoms with Gasteiger partial charge < -0.3 is 19.3 Å². The van der Waals surface area contributed by atoms with Crippen LogP contribution < -0.4 is 25.5 Å². The summed E-state index contributed by atoms with van der Waals surface area (Å²) in [6.07, 6.45) is 1.73. The van der Waals surface area contributed by atoms with Crippen LogP contribution in [0.25, 0.3) is 11.2 Å². The lowest BCUT2D eigenvalue weighted by Gasteiger charge is -2.12. The van der Waals surface area contributed by atoms with E-state index in [9.17, 15) is 19.1 Å². The average molecular weight is 534 g/mol. The minimum Gasteiger partial charge on any atom is -0.490 e. The van der Waals surface area contributed by atoms with Gasteiger partial charge in [-0.25, -0.2) is 9.18 Å². The molecule has 0 unspecified atom stereocenters. The van der Waals surface area contributed by atoms with E-state index in [0.717, 1.165) is 4.57 Å². The number of fused-ring (bicyclic) bond motifs is 1. The van der Waals surface area contributed by atoms with E-state index in [0.29, 0.717) is 22.2 Å². The summed E-state index contributed by atoms with van der Waals surface area (Å²) in [7, 11) is 1.51. The van der Waals surface area contributed by atoms with Gasteiger partial charge in [-0.2, -0.15) is 4.98 Å². The molecule has 11 nitrogen and oxygen atoms in total. The van der Waals surface area contributed by atoms with Crippen LogP contribution in [0.4, 0.5) is 4.39 Å². The van der Waals surface area contributed by atoms with Gasteiger partial charge in [0, 0.05) is 32.5 Å². The zero-order chi connectivity index (χ0) is 26.4. The maximum atomic E-state index is 13.3. The Morgan fingerprint density at radius 2 is 1.81 bits per heavy atom. The predicted molar refractivity (Wildman–Crippen MR) is 133 cm³/mol. The molecule has 37 heavy (non-hydrogen) atoms. The van der Waals surface area contributed by atoms with Crippen LogP contribution in [-0.2, 0) is 20.1 Å². The van der Waals surface area contributed by atoms with Gasteiger partial charge in [0.05, 0.1) is 17.3 Å². The molecule has 196 valence electrons. The van der Waals surface area contributed by atoms with Crippen LogP contribution in [-0.4, -0.2) is 55.5 Å². The molecule has 0 saturated heterocycles. The van der Waals surface area contributed by atoms with Crippen molar-refractivity contribution < 1.29 is 23.7 Å². The Morgan fingerprint density at radius 1 is 1.05 bits per heavy atom. The summed E-state index contributed by atoms with van der Waals surface area (Å²) in [5, 5.41) is 9.66. The third kappa shape index (κ3) is 5.92. The van der Waals surface area contributed by atoms with E-state index < -0.39 is 18.1 Å². The van der Waals surface area contributed by atoms with Crippen molar-refractivity contribution in [1.82, 2.24) is 23.7 Å². The van der Waals surface area contributed by atoms with Gasteiger partial charge in [0.2, 0.25) is 6.86 Å². The van der Waals surface area contributed by atoms with Crippen molar-refractivity contribution in [1.29, 1.82) is 0 Å². The number of hydrogen-bond acceptors (Lipinski definition) is 8. The maximum Gasteiger partial charge on any atom is 0.332 e. The molecule has 0 aliphatic heterocycles. The third-order valence-electron chi connectivity index (χ3n) is 5.46. The highest BCUT2D eigenvalue weighted by molar-refractivity contribution is 6.30.